The van der Waals surface area contributed by atoms with Crippen molar-refractivity contribution in [1.29, 1.82) is 0 Å². The van der Waals surface area contributed by atoms with Crippen LogP contribution in [0.5, 0.6) is 0 Å². The maximum atomic E-state index is 12.2. The second-order valence-electron chi connectivity index (χ2n) is 2.81. The highest BCUT2D eigenvalue weighted by molar-refractivity contribution is 5.93. The summed E-state index contributed by atoms with van der Waals surface area (Å²) in [5.41, 5.74) is 0. The minimum Gasteiger partial charge on any atom is -0.342 e. The average molecular weight is 173 g/mol. The Kier molecular flexibility index (Phi) is 2.32. The van der Waals surface area contributed by atoms with Gasteiger partial charge in [-0.25, -0.2) is 8.78 Å². The lowest BCUT2D eigenvalue weighted by molar-refractivity contribution is -0.124. The van der Waals surface area contributed by atoms with Crippen LogP contribution in [0, 0.1) is 11.8 Å². The van der Waals surface area contributed by atoms with Crippen molar-refractivity contribution in [1.82, 2.24) is 5.32 Å². The Hall–Kier alpha value is -1.11. The molecule has 0 saturated heterocycles. The lowest BCUT2D eigenvalue weighted by Gasteiger charge is -2.34. The van der Waals surface area contributed by atoms with Gasteiger partial charge in [-0.2, -0.15) is 0 Å². The van der Waals surface area contributed by atoms with Gasteiger partial charge in [0.1, 0.15) is 0 Å². The summed E-state index contributed by atoms with van der Waals surface area (Å²) < 4.78 is 24.5. The highest BCUT2D eigenvalue weighted by atomic mass is 19.3. The standard InChI is InChI=1S/C8H9F2NO/c1-2-3-7(12)11-6-4-8(9,10)5-6/h6H,4-5H2,1H3,(H,11,12). The van der Waals surface area contributed by atoms with Crippen LogP contribution in [0.2, 0.25) is 0 Å². The van der Waals surface area contributed by atoms with Crippen LogP contribution >= 0.6 is 0 Å². The molecule has 12 heavy (non-hydrogen) atoms. The number of carbonyl (C=O) groups excluding carboxylic acids is 1. The van der Waals surface area contributed by atoms with Crippen LogP contribution in [0.25, 0.3) is 0 Å². The number of nitrogens with one attached hydrogen (secondary N) is 1. The van der Waals surface area contributed by atoms with Gasteiger partial charge in [-0.05, 0) is 12.8 Å². The van der Waals surface area contributed by atoms with E-state index in [0.717, 1.165) is 0 Å². The molecule has 0 aromatic rings. The summed E-state index contributed by atoms with van der Waals surface area (Å²) in [6.07, 6.45) is -0.520. The summed E-state index contributed by atoms with van der Waals surface area (Å²) in [6.45, 7) is 1.52. The fourth-order valence-electron chi connectivity index (χ4n) is 1.10. The highest BCUT2D eigenvalue weighted by Crippen LogP contribution is 2.37. The molecule has 0 aromatic heterocycles. The van der Waals surface area contributed by atoms with E-state index in [1.165, 1.54) is 6.92 Å². The number of alkyl halides is 2. The highest BCUT2D eigenvalue weighted by Gasteiger charge is 2.45. The Balaban J connectivity index is 2.26. The minimum atomic E-state index is -2.59. The monoisotopic (exact) mass is 173 g/mol. The third-order valence-electron chi connectivity index (χ3n) is 1.66. The van der Waals surface area contributed by atoms with Crippen LogP contribution in [0.15, 0.2) is 0 Å². The molecule has 1 saturated carbocycles. The minimum absolute atomic E-state index is 0.260. The molecule has 0 spiro atoms. The molecule has 1 rings (SSSR count). The molecular formula is C8H9F2NO. The normalized spacial score (nSPS) is 20.2. The summed E-state index contributed by atoms with van der Waals surface area (Å²) in [7, 11) is 0. The van der Waals surface area contributed by atoms with E-state index in [0.29, 0.717) is 0 Å². The topological polar surface area (TPSA) is 29.1 Å². The number of rotatable bonds is 1. The maximum Gasteiger partial charge on any atom is 0.296 e. The van der Waals surface area contributed by atoms with E-state index in [4.69, 9.17) is 0 Å². The van der Waals surface area contributed by atoms with Crippen LogP contribution < -0.4 is 5.32 Å². The molecular weight excluding hydrogens is 164 g/mol. The van der Waals surface area contributed by atoms with Gasteiger partial charge in [0, 0.05) is 18.9 Å². The van der Waals surface area contributed by atoms with Gasteiger partial charge < -0.3 is 5.32 Å². The summed E-state index contributed by atoms with van der Waals surface area (Å²) in [6, 6.07) is -0.395. The summed E-state index contributed by atoms with van der Waals surface area (Å²) in [4.78, 5) is 10.7. The molecule has 66 valence electrons. The smallest absolute Gasteiger partial charge is 0.296 e. The van der Waals surface area contributed by atoms with Crippen LogP contribution in [-0.2, 0) is 4.79 Å². The second-order valence-corrected chi connectivity index (χ2v) is 2.81. The van der Waals surface area contributed by atoms with Gasteiger partial charge in [-0.3, -0.25) is 4.79 Å². The van der Waals surface area contributed by atoms with Crippen molar-refractivity contribution >= 4 is 5.91 Å². The molecule has 0 atom stereocenters. The predicted octanol–water partition coefficient (Wildman–Crippen LogP) is 0.924. The van der Waals surface area contributed by atoms with Gasteiger partial charge in [0.2, 0.25) is 0 Å². The van der Waals surface area contributed by atoms with Crippen molar-refractivity contribution in [3.05, 3.63) is 0 Å². The SMILES string of the molecule is CC#CC(=O)NC1CC(F)(F)C1. The van der Waals surface area contributed by atoms with Gasteiger partial charge >= 0.3 is 0 Å². The number of hydrogen-bond acceptors (Lipinski definition) is 1. The van der Waals surface area contributed by atoms with Gasteiger partial charge in [0.25, 0.3) is 11.8 Å². The van der Waals surface area contributed by atoms with E-state index in [2.05, 4.69) is 17.2 Å². The van der Waals surface area contributed by atoms with E-state index >= 15 is 0 Å². The van der Waals surface area contributed by atoms with Crippen molar-refractivity contribution in [2.24, 2.45) is 0 Å². The van der Waals surface area contributed by atoms with Crippen LogP contribution in [0.3, 0.4) is 0 Å². The van der Waals surface area contributed by atoms with Crippen molar-refractivity contribution in [2.75, 3.05) is 0 Å². The Morgan fingerprint density at radius 1 is 1.58 bits per heavy atom. The predicted molar refractivity (Wildman–Crippen MR) is 39.6 cm³/mol. The molecule has 4 heteroatoms. The molecule has 0 aliphatic heterocycles. The zero-order chi connectivity index (χ0) is 9.19. The van der Waals surface area contributed by atoms with E-state index in [1.54, 1.807) is 0 Å². The van der Waals surface area contributed by atoms with Crippen LogP contribution in [0.4, 0.5) is 8.78 Å². The third-order valence-corrected chi connectivity index (χ3v) is 1.66. The molecule has 0 heterocycles. The Labute approximate surface area is 69.3 Å². The first-order chi connectivity index (χ1) is 5.53. The van der Waals surface area contributed by atoms with Gasteiger partial charge in [-0.15, -0.1) is 0 Å². The number of halogens is 2. The van der Waals surface area contributed by atoms with E-state index < -0.39 is 17.9 Å². The van der Waals surface area contributed by atoms with Crippen molar-refractivity contribution in [2.45, 2.75) is 31.7 Å². The fourth-order valence-corrected chi connectivity index (χ4v) is 1.10. The van der Waals surface area contributed by atoms with Gasteiger partial charge in [0.05, 0.1) is 0 Å². The molecule has 0 unspecified atom stereocenters. The quantitative estimate of drug-likeness (QED) is 0.587. The summed E-state index contributed by atoms with van der Waals surface area (Å²) in [5.74, 6) is 1.56. The zero-order valence-corrected chi connectivity index (χ0v) is 6.66. The molecule has 1 N–H and O–H groups in total. The number of carbonyl (C=O) groups is 1. The molecule has 0 radical (unpaired) electrons. The molecule has 1 fully saturated rings. The first kappa shape index (κ1) is 8.98. The summed E-state index contributed by atoms with van der Waals surface area (Å²) >= 11 is 0. The van der Waals surface area contributed by atoms with Crippen LogP contribution in [0.1, 0.15) is 19.8 Å². The van der Waals surface area contributed by atoms with Crippen LogP contribution in [-0.4, -0.2) is 17.9 Å². The molecule has 2 nitrogen and oxygen atoms in total. The number of hydrogen-bond donors (Lipinski definition) is 1. The van der Waals surface area contributed by atoms with Crippen molar-refractivity contribution in [3.8, 4) is 11.8 Å². The second kappa shape index (κ2) is 3.10. The van der Waals surface area contributed by atoms with E-state index in [-0.39, 0.29) is 12.8 Å². The zero-order valence-electron chi connectivity index (χ0n) is 6.66. The van der Waals surface area contributed by atoms with Crippen molar-refractivity contribution in [3.63, 3.8) is 0 Å². The van der Waals surface area contributed by atoms with Crippen molar-refractivity contribution < 1.29 is 13.6 Å². The summed E-state index contributed by atoms with van der Waals surface area (Å²) in [5, 5.41) is 2.38. The van der Waals surface area contributed by atoms with Gasteiger partial charge in [-0.1, -0.05) is 5.92 Å². The molecule has 1 aliphatic rings. The fraction of sp³-hybridized carbons (Fsp3) is 0.625. The Morgan fingerprint density at radius 3 is 2.58 bits per heavy atom. The Bertz CT molecular complexity index is 244. The number of amides is 1. The van der Waals surface area contributed by atoms with E-state index in [9.17, 15) is 13.6 Å². The molecule has 1 aliphatic carbocycles. The largest absolute Gasteiger partial charge is 0.342 e. The molecule has 0 bridgehead atoms. The maximum absolute atomic E-state index is 12.2. The first-order valence-corrected chi connectivity index (χ1v) is 3.64. The lowest BCUT2D eigenvalue weighted by Crippen LogP contribution is -2.50. The average Bonchev–Trinajstić information content (AvgIpc) is 1.83. The third kappa shape index (κ3) is 2.19. The Morgan fingerprint density at radius 2 is 2.17 bits per heavy atom. The van der Waals surface area contributed by atoms with Gasteiger partial charge in [0.15, 0.2) is 0 Å². The first-order valence-electron chi connectivity index (χ1n) is 3.64. The molecule has 0 aromatic carbocycles. The lowest BCUT2D eigenvalue weighted by atomic mass is 9.88. The van der Waals surface area contributed by atoms with E-state index in [1.807, 2.05) is 0 Å². The molecule has 1 amide bonds.